The van der Waals surface area contributed by atoms with E-state index >= 15 is 0 Å². The molecule has 0 heterocycles. The smallest absolute Gasteiger partial charge is 0.139 e. The maximum atomic E-state index is 12.0. The molecule has 0 spiro atoms. The van der Waals surface area contributed by atoms with Crippen molar-refractivity contribution < 1.29 is 4.79 Å². The fourth-order valence-corrected chi connectivity index (χ4v) is 3.17. The van der Waals surface area contributed by atoms with Gasteiger partial charge in [0.05, 0.1) is 0 Å². The van der Waals surface area contributed by atoms with Gasteiger partial charge in [0.15, 0.2) is 0 Å². The molecule has 1 fully saturated rings. The Balaban J connectivity index is 2.29. The topological polar surface area (TPSA) is 17.1 Å². The zero-order chi connectivity index (χ0) is 11.1. The quantitative estimate of drug-likeness (QED) is 0.597. The average molecular weight is 206 g/mol. The summed E-state index contributed by atoms with van der Waals surface area (Å²) >= 11 is 0. The van der Waals surface area contributed by atoms with Crippen LogP contribution in [0, 0.1) is 16.7 Å². The van der Waals surface area contributed by atoms with Crippen LogP contribution in [0.15, 0.2) is 12.2 Å². The minimum atomic E-state index is -0.0797. The second-order valence-corrected chi connectivity index (χ2v) is 5.90. The third-order valence-corrected chi connectivity index (χ3v) is 4.87. The Labute approximate surface area is 92.9 Å². The number of ketones is 1. The lowest BCUT2D eigenvalue weighted by molar-refractivity contribution is -0.130. The van der Waals surface area contributed by atoms with Gasteiger partial charge in [0.25, 0.3) is 0 Å². The summed E-state index contributed by atoms with van der Waals surface area (Å²) in [7, 11) is 0. The minimum Gasteiger partial charge on any atom is -0.299 e. The summed E-state index contributed by atoms with van der Waals surface area (Å²) < 4.78 is 0. The maximum absolute atomic E-state index is 12.0. The summed E-state index contributed by atoms with van der Waals surface area (Å²) in [5.74, 6) is 1.18. The molecule has 0 saturated heterocycles. The maximum Gasteiger partial charge on any atom is 0.139 e. The molecule has 2 aliphatic carbocycles. The second-order valence-electron chi connectivity index (χ2n) is 5.90. The van der Waals surface area contributed by atoms with E-state index in [9.17, 15) is 4.79 Å². The standard InChI is InChI=1S/C14H22O/c1-11-6-9-13(2,10-7-11)14(3)8-4-5-12(14)15/h6,9,11H,4-5,7-8,10H2,1-3H3/t11?,13-,14+/m0/s1. The van der Waals surface area contributed by atoms with Gasteiger partial charge in [-0.3, -0.25) is 4.79 Å². The first-order chi connectivity index (χ1) is 6.98. The lowest BCUT2D eigenvalue weighted by atomic mass is 9.59. The van der Waals surface area contributed by atoms with Crippen LogP contribution < -0.4 is 0 Å². The van der Waals surface area contributed by atoms with E-state index in [4.69, 9.17) is 0 Å². The predicted molar refractivity (Wildman–Crippen MR) is 62.6 cm³/mol. The van der Waals surface area contributed by atoms with Gasteiger partial charge >= 0.3 is 0 Å². The molecule has 1 nitrogen and oxygen atoms in total. The van der Waals surface area contributed by atoms with E-state index < -0.39 is 0 Å². The van der Waals surface area contributed by atoms with Crippen molar-refractivity contribution in [2.24, 2.45) is 16.7 Å². The molecular formula is C14H22O. The molecular weight excluding hydrogens is 184 g/mol. The Bertz CT molecular complexity index is 304. The van der Waals surface area contributed by atoms with Crippen molar-refractivity contribution in [1.29, 1.82) is 0 Å². The van der Waals surface area contributed by atoms with Crippen LogP contribution in [-0.2, 0) is 4.79 Å². The van der Waals surface area contributed by atoms with Gasteiger partial charge in [0, 0.05) is 11.8 Å². The number of allylic oxidation sites excluding steroid dienone is 2. The molecule has 1 heteroatoms. The Morgan fingerprint density at radius 2 is 2.07 bits per heavy atom. The predicted octanol–water partition coefficient (Wildman–Crippen LogP) is 3.74. The fraction of sp³-hybridized carbons (Fsp3) is 0.786. The highest BCUT2D eigenvalue weighted by atomic mass is 16.1. The van der Waals surface area contributed by atoms with Crippen molar-refractivity contribution in [2.75, 3.05) is 0 Å². The molecule has 0 amide bonds. The molecule has 2 rings (SSSR count). The monoisotopic (exact) mass is 206 g/mol. The zero-order valence-corrected chi connectivity index (χ0v) is 10.2. The number of Topliss-reactive ketones (excluding diaryl/α,β-unsaturated/α-hetero) is 1. The first kappa shape index (κ1) is 10.9. The number of carbonyl (C=O) groups is 1. The molecule has 1 saturated carbocycles. The lowest BCUT2D eigenvalue weighted by Gasteiger charge is -2.43. The Hall–Kier alpha value is -0.590. The molecule has 0 aromatic carbocycles. The van der Waals surface area contributed by atoms with Gasteiger partial charge < -0.3 is 0 Å². The van der Waals surface area contributed by atoms with Crippen molar-refractivity contribution in [3.8, 4) is 0 Å². The fourth-order valence-electron chi connectivity index (χ4n) is 3.17. The summed E-state index contributed by atoms with van der Waals surface area (Å²) in [6.45, 7) is 6.72. The van der Waals surface area contributed by atoms with Gasteiger partial charge in [-0.05, 0) is 37.0 Å². The van der Waals surface area contributed by atoms with Crippen molar-refractivity contribution in [3.63, 3.8) is 0 Å². The zero-order valence-electron chi connectivity index (χ0n) is 10.2. The highest BCUT2D eigenvalue weighted by Gasteiger charge is 2.50. The molecule has 3 atom stereocenters. The molecule has 0 bridgehead atoms. The van der Waals surface area contributed by atoms with Crippen molar-refractivity contribution in [2.45, 2.75) is 52.9 Å². The van der Waals surface area contributed by atoms with Gasteiger partial charge in [0.1, 0.15) is 5.78 Å². The van der Waals surface area contributed by atoms with E-state index in [2.05, 4.69) is 32.9 Å². The molecule has 0 radical (unpaired) electrons. The number of carbonyl (C=O) groups excluding carboxylic acids is 1. The van der Waals surface area contributed by atoms with Crippen LogP contribution in [0.4, 0.5) is 0 Å². The second kappa shape index (κ2) is 3.47. The van der Waals surface area contributed by atoms with E-state index in [0.717, 1.165) is 19.3 Å². The van der Waals surface area contributed by atoms with E-state index in [1.165, 1.54) is 12.8 Å². The van der Waals surface area contributed by atoms with Crippen molar-refractivity contribution >= 4 is 5.78 Å². The molecule has 0 aromatic heterocycles. The Morgan fingerprint density at radius 3 is 2.53 bits per heavy atom. The van der Waals surface area contributed by atoms with Crippen LogP contribution in [0.5, 0.6) is 0 Å². The highest BCUT2D eigenvalue weighted by Crippen LogP contribution is 2.53. The Kier molecular flexibility index (Phi) is 2.52. The SMILES string of the molecule is CC1C=C[C@](C)([C@]2(C)CCCC2=O)CC1. The highest BCUT2D eigenvalue weighted by molar-refractivity contribution is 5.87. The molecule has 0 aromatic rings. The van der Waals surface area contributed by atoms with Crippen molar-refractivity contribution in [3.05, 3.63) is 12.2 Å². The van der Waals surface area contributed by atoms with E-state index in [-0.39, 0.29) is 10.8 Å². The van der Waals surface area contributed by atoms with E-state index in [1.54, 1.807) is 0 Å². The largest absolute Gasteiger partial charge is 0.299 e. The van der Waals surface area contributed by atoms with Gasteiger partial charge in [-0.1, -0.05) is 32.9 Å². The molecule has 15 heavy (non-hydrogen) atoms. The van der Waals surface area contributed by atoms with Gasteiger partial charge in [0.2, 0.25) is 0 Å². The van der Waals surface area contributed by atoms with E-state index in [0.29, 0.717) is 11.7 Å². The van der Waals surface area contributed by atoms with Crippen LogP contribution >= 0.6 is 0 Å². The van der Waals surface area contributed by atoms with Crippen LogP contribution in [0.25, 0.3) is 0 Å². The van der Waals surface area contributed by atoms with Crippen LogP contribution in [0.1, 0.15) is 52.9 Å². The number of hydrogen-bond donors (Lipinski definition) is 0. The van der Waals surface area contributed by atoms with Gasteiger partial charge in [-0.15, -0.1) is 0 Å². The molecule has 0 aliphatic heterocycles. The average Bonchev–Trinajstić information content (AvgIpc) is 2.54. The molecule has 84 valence electrons. The summed E-state index contributed by atoms with van der Waals surface area (Å²) in [4.78, 5) is 12.0. The first-order valence-electron chi connectivity index (χ1n) is 6.21. The summed E-state index contributed by atoms with van der Waals surface area (Å²) in [6, 6.07) is 0. The third kappa shape index (κ3) is 1.56. The van der Waals surface area contributed by atoms with Crippen LogP contribution in [0.3, 0.4) is 0 Å². The number of hydrogen-bond acceptors (Lipinski definition) is 1. The lowest BCUT2D eigenvalue weighted by Crippen LogP contribution is -2.41. The van der Waals surface area contributed by atoms with E-state index in [1.807, 2.05) is 0 Å². The Morgan fingerprint density at radius 1 is 1.33 bits per heavy atom. The van der Waals surface area contributed by atoms with Crippen LogP contribution in [-0.4, -0.2) is 5.78 Å². The molecule has 0 N–H and O–H groups in total. The first-order valence-corrected chi connectivity index (χ1v) is 6.21. The summed E-state index contributed by atoms with van der Waals surface area (Å²) in [6.07, 6.45) is 10.0. The molecule has 2 aliphatic rings. The molecule has 1 unspecified atom stereocenters. The van der Waals surface area contributed by atoms with Crippen LogP contribution in [0.2, 0.25) is 0 Å². The summed E-state index contributed by atoms with van der Waals surface area (Å²) in [5.41, 5.74) is 0.0384. The third-order valence-electron chi connectivity index (χ3n) is 4.87. The van der Waals surface area contributed by atoms with Crippen molar-refractivity contribution in [1.82, 2.24) is 0 Å². The van der Waals surface area contributed by atoms with Gasteiger partial charge in [-0.25, -0.2) is 0 Å². The van der Waals surface area contributed by atoms with Gasteiger partial charge in [-0.2, -0.15) is 0 Å². The number of rotatable bonds is 1. The normalized spacial score (nSPS) is 46.1. The summed E-state index contributed by atoms with van der Waals surface area (Å²) in [5, 5.41) is 0. The minimum absolute atomic E-state index is 0.0797.